The van der Waals surface area contributed by atoms with Crippen molar-refractivity contribution >= 4 is 0 Å². The number of hydrogen-bond acceptors (Lipinski definition) is 1. The van der Waals surface area contributed by atoms with Crippen molar-refractivity contribution in [3.05, 3.63) is 34.9 Å². The summed E-state index contributed by atoms with van der Waals surface area (Å²) in [6.45, 7) is 4.41. The van der Waals surface area contributed by atoms with E-state index in [1.807, 2.05) is 0 Å². The van der Waals surface area contributed by atoms with Gasteiger partial charge in [-0.1, -0.05) is 50.3 Å². The van der Waals surface area contributed by atoms with Crippen LogP contribution in [0, 0.1) is 19.8 Å². The van der Waals surface area contributed by atoms with Crippen LogP contribution in [0.25, 0.3) is 0 Å². The normalized spacial score (nSPS) is 18.5. The summed E-state index contributed by atoms with van der Waals surface area (Å²) in [6.07, 6.45) is 9.78. The van der Waals surface area contributed by atoms with Crippen molar-refractivity contribution in [2.75, 3.05) is 7.05 Å². The Balaban J connectivity index is 1.92. The second-order valence-electron chi connectivity index (χ2n) is 6.35. The fourth-order valence-electron chi connectivity index (χ4n) is 3.34. The zero-order valence-corrected chi connectivity index (χ0v) is 12.8. The van der Waals surface area contributed by atoms with Gasteiger partial charge in [0.1, 0.15) is 0 Å². The van der Waals surface area contributed by atoms with Gasteiger partial charge in [0.25, 0.3) is 0 Å². The first-order valence-electron chi connectivity index (χ1n) is 7.92. The van der Waals surface area contributed by atoms with Gasteiger partial charge in [0.15, 0.2) is 0 Å². The van der Waals surface area contributed by atoms with Gasteiger partial charge >= 0.3 is 0 Å². The lowest BCUT2D eigenvalue weighted by molar-refractivity contribution is 0.302. The summed E-state index contributed by atoms with van der Waals surface area (Å²) in [5.41, 5.74) is 4.31. The Morgan fingerprint density at radius 1 is 1.11 bits per heavy atom. The van der Waals surface area contributed by atoms with Gasteiger partial charge in [0.2, 0.25) is 0 Å². The average molecular weight is 259 g/mol. The third kappa shape index (κ3) is 4.35. The molecule has 1 saturated carbocycles. The second-order valence-corrected chi connectivity index (χ2v) is 6.35. The maximum atomic E-state index is 3.53. The third-order valence-electron chi connectivity index (χ3n) is 4.80. The highest BCUT2D eigenvalue weighted by Crippen LogP contribution is 2.28. The fraction of sp³-hybridized carbons (Fsp3) is 0.667. The van der Waals surface area contributed by atoms with Crippen LogP contribution >= 0.6 is 0 Å². The van der Waals surface area contributed by atoms with Crippen LogP contribution in [0.1, 0.15) is 55.2 Å². The topological polar surface area (TPSA) is 12.0 Å². The molecular formula is C18H29N. The number of nitrogens with one attached hydrogen (secondary N) is 1. The van der Waals surface area contributed by atoms with Crippen molar-refractivity contribution in [2.45, 2.75) is 64.8 Å². The minimum absolute atomic E-state index is 0.644. The molecule has 1 N–H and O–H groups in total. The molecule has 0 bridgehead atoms. The second kappa shape index (κ2) is 7.09. The van der Waals surface area contributed by atoms with E-state index in [1.165, 1.54) is 61.6 Å². The van der Waals surface area contributed by atoms with Gasteiger partial charge in [0.05, 0.1) is 0 Å². The molecule has 0 aliphatic heterocycles. The molecular weight excluding hydrogens is 230 g/mol. The van der Waals surface area contributed by atoms with Crippen LogP contribution in [-0.2, 0) is 6.42 Å². The van der Waals surface area contributed by atoms with E-state index in [0.717, 1.165) is 5.92 Å². The lowest BCUT2D eigenvalue weighted by Gasteiger charge is -2.26. The van der Waals surface area contributed by atoms with E-state index >= 15 is 0 Å². The molecule has 19 heavy (non-hydrogen) atoms. The monoisotopic (exact) mass is 259 g/mol. The smallest absolute Gasteiger partial charge is 0.0107 e. The largest absolute Gasteiger partial charge is 0.317 e. The highest BCUT2D eigenvalue weighted by Gasteiger charge is 2.18. The zero-order valence-electron chi connectivity index (χ0n) is 12.8. The molecule has 1 atom stereocenters. The molecule has 0 amide bonds. The Bertz CT molecular complexity index is 391. The van der Waals surface area contributed by atoms with Crippen LogP contribution in [0.5, 0.6) is 0 Å². The minimum atomic E-state index is 0.644. The SMILES string of the molecule is CNC(Cc1ccc(C)c(C)c1)CC1CCCCC1. The van der Waals surface area contributed by atoms with Crippen LogP contribution in [0.15, 0.2) is 18.2 Å². The van der Waals surface area contributed by atoms with Crippen LogP contribution in [0.4, 0.5) is 0 Å². The fourth-order valence-corrected chi connectivity index (χ4v) is 3.34. The summed E-state index contributed by atoms with van der Waals surface area (Å²) in [5.74, 6) is 0.956. The molecule has 0 aromatic heterocycles. The van der Waals surface area contributed by atoms with Gasteiger partial charge in [-0.2, -0.15) is 0 Å². The number of rotatable bonds is 5. The average Bonchev–Trinajstić information content (AvgIpc) is 2.43. The number of hydrogen-bond donors (Lipinski definition) is 1. The summed E-state index contributed by atoms with van der Waals surface area (Å²) in [4.78, 5) is 0. The van der Waals surface area contributed by atoms with Crippen LogP contribution < -0.4 is 5.32 Å². The molecule has 1 fully saturated rings. The first-order valence-corrected chi connectivity index (χ1v) is 7.92. The Morgan fingerprint density at radius 3 is 2.47 bits per heavy atom. The third-order valence-corrected chi connectivity index (χ3v) is 4.80. The van der Waals surface area contributed by atoms with Crippen LogP contribution in [0.2, 0.25) is 0 Å². The summed E-state index contributed by atoms with van der Waals surface area (Å²) in [5, 5.41) is 3.53. The number of likely N-dealkylation sites (N-methyl/N-ethyl adjacent to an activating group) is 1. The van der Waals surface area contributed by atoms with Gasteiger partial charge in [-0.25, -0.2) is 0 Å². The van der Waals surface area contributed by atoms with Gasteiger partial charge in [-0.05, 0) is 56.3 Å². The molecule has 106 valence electrons. The van der Waals surface area contributed by atoms with E-state index in [1.54, 1.807) is 0 Å². The minimum Gasteiger partial charge on any atom is -0.317 e. The first kappa shape index (κ1) is 14.6. The number of benzene rings is 1. The van der Waals surface area contributed by atoms with Crippen molar-refractivity contribution < 1.29 is 0 Å². The van der Waals surface area contributed by atoms with E-state index in [2.05, 4.69) is 44.4 Å². The van der Waals surface area contributed by atoms with Crippen molar-refractivity contribution in [1.82, 2.24) is 5.32 Å². The van der Waals surface area contributed by atoms with Gasteiger partial charge in [0, 0.05) is 6.04 Å². The molecule has 0 spiro atoms. The van der Waals surface area contributed by atoms with E-state index in [9.17, 15) is 0 Å². The Morgan fingerprint density at radius 2 is 1.84 bits per heavy atom. The molecule has 1 aromatic carbocycles. The standard InChI is InChI=1S/C18H29N/c1-14-9-10-17(11-15(14)2)13-18(19-3)12-16-7-5-4-6-8-16/h9-11,16,18-19H,4-8,12-13H2,1-3H3. The predicted octanol–water partition coefficient (Wildman–Crippen LogP) is 4.40. The van der Waals surface area contributed by atoms with Gasteiger partial charge < -0.3 is 5.32 Å². The van der Waals surface area contributed by atoms with Crippen molar-refractivity contribution in [2.24, 2.45) is 5.92 Å². The molecule has 1 heteroatoms. The lowest BCUT2D eigenvalue weighted by Crippen LogP contribution is -2.30. The molecule has 2 rings (SSSR count). The van der Waals surface area contributed by atoms with Gasteiger partial charge in [-0.15, -0.1) is 0 Å². The maximum absolute atomic E-state index is 3.53. The van der Waals surface area contributed by atoms with E-state index < -0.39 is 0 Å². The molecule has 1 unspecified atom stereocenters. The maximum Gasteiger partial charge on any atom is 0.0107 e. The molecule has 1 aromatic rings. The highest BCUT2D eigenvalue weighted by molar-refractivity contribution is 5.30. The lowest BCUT2D eigenvalue weighted by atomic mass is 9.83. The molecule has 0 radical (unpaired) electrons. The van der Waals surface area contributed by atoms with Crippen molar-refractivity contribution in [3.8, 4) is 0 Å². The number of aryl methyl sites for hydroxylation is 2. The molecule has 1 aliphatic rings. The Kier molecular flexibility index (Phi) is 5.45. The molecule has 0 heterocycles. The van der Waals surface area contributed by atoms with Crippen LogP contribution in [0.3, 0.4) is 0 Å². The molecule has 0 saturated heterocycles. The van der Waals surface area contributed by atoms with E-state index in [0.29, 0.717) is 6.04 Å². The van der Waals surface area contributed by atoms with Crippen molar-refractivity contribution in [1.29, 1.82) is 0 Å². The first-order chi connectivity index (χ1) is 9.19. The van der Waals surface area contributed by atoms with E-state index in [4.69, 9.17) is 0 Å². The summed E-state index contributed by atoms with van der Waals surface area (Å²) >= 11 is 0. The quantitative estimate of drug-likeness (QED) is 0.826. The summed E-state index contributed by atoms with van der Waals surface area (Å²) in [6, 6.07) is 7.57. The predicted molar refractivity (Wildman–Crippen MR) is 83.7 cm³/mol. The Labute approximate surface area is 118 Å². The summed E-state index contributed by atoms with van der Waals surface area (Å²) in [7, 11) is 2.12. The van der Waals surface area contributed by atoms with Crippen molar-refractivity contribution in [3.63, 3.8) is 0 Å². The van der Waals surface area contributed by atoms with Crippen LogP contribution in [-0.4, -0.2) is 13.1 Å². The van der Waals surface area contributed by atoms with E-state index in [-0.39, 0.29) is 0 Å². The zero-order chi connectivity index (χ0) is 13.7. The highest BCUT2D eigenvalue weighted by atomic mass is 14.9. The molecule has 1 aliphatic carbocycles. The summed E-state index contributed by atoms with van der Waals surface area (Å²) < 4.78 is 0. The molecule has 1 nitrogen and oxygen atoms in total. The Hall–Kier alpha value is -0.820. The van der Waals surface area contributed by atoms with Gasteiger partial charge in [-0.3, -0.25) is 0 Å².